The Balaban J connectivity index is 1.52. The second-order valence-electron chi connectivity index (χ2n) is 7.00. The third kappa shape index (κ3) is 4.15. The molecule has 5 heteroatoms. The topological polar surface area (TPSA) is 69.6 Å². The van der Waals surface area contributed by atoms with E-state index in [2.05, 4.69) is 10.2 Å². The minimum atomic E-state index is -0.942. The standard InChI is InChI=1S/C19H26N2O3/c22-18(20-12-14-5-3-6-15(11-14)19(23)24)16-7-4-10-21(13-16)17-8-1-2-9-17/h3,5-6,11,16-17H,1-2,4,7-10,12-13H2,(H,20,22)(H,23,24). The zero-order valence-corrected chi connectivity index (χ0v) is 14.0. The molecule has 1 amide bonds. The molecule has 1 heterocycles. The van der Waals surface area contributed by atoms with Gasteiger partial charge in [-0.05, 0) is 49.9 Å². The summed E-state index contributed by atoms with van der Waals surface area (Å²) in [6.45, 7) is 2.38. The molecule has 2 aliphatic rings. The van der Waals surface area contributed by atoms with Crippen LogP contribution in [0.2, 0.25) is 0 Å². The average molecular weight is 330 g/mol. The summed E-state index contributed by atoms with van der Waals surface area (Å²) < 4.78 is 0. The van der Waals surface area contributed by atoms with E-state index in [4.69, 9.17) is 5.11 Å². The van der Waals surface area contributed by atoms with Gasteiger partial charge in [0.1, 0.15) is 0 Å². The molecule has 2 fully saturated rings. The number of carbonyl (C=O) groups is 2. The Morgan fingerprint density at radius 3 is 2.71 bits per heavy atom. The Labute approximate surface area is 143 Å². The van der Waals surface area contributed by atoms with E-state index in [0.717, 1.165) is 31.5 Å². The Morgan fingerprint density at radius 1 is 1.17 bits per heavy atom. The highest BCUT2D eigenvalue weighted by Crippen LogP contribution is 2.28. The van der Waals surface area contributed by atoms with Gasteiger partial charge in [0, 0.05) is 19.1 Å². The van der Waals surface area contributed by atoms with Crippen molar-refractivity contribution in [3.63, 3.8) is 0 Å². The molecule has 1 aromatic carbocycles. The number of nitrogens with one attached hydrogen (secondary N) is 1. The second-order valence-corrected chi connectivity index (χ2v) is 7.00. The van der Waals surface area contributed by atoms with Crippen molar-refractivity contribution in [2.45, 2.75) is 51.1 Å². The number of carbonyl (C=O) groups excluding carboxylic acids is 1. The van der Waals surface area contributed by atoms with Crippen molar-refractivity contribution in [3.8, 4) is 0 Å². The minimum absolute atomic E-state index is 0.0574. The average Bonchev–Trinajstić information content (AvgIpc) is 3.15. The summed E-state index contributed by atoms with van der Waals surface area (Å²) in [5.41, 5.74) is 1.08. The van der Waals surface area contributed by atoms with Crippen LogP contribution in [0, 0.1) is 5.92 Å². The first-order chi connectivity index (χ1) is 11.6. The van der Waals surface area contributed by atoms with Crippen molar-refractivity contribution in [1.82, 2.24) is 10.2 Å². The van der Waals surface area contributed by atoms with Crippen LogP contribution in [-0.2, 0) is 11.3 Å². The largest absolute Gasteiger partial charge is 0.478 e. The van der Waals surface area contributed by atoms with Gasteiger partial charge in [-0.2, -0.15) is 0 Å². The number of hydrogen-bond acceptors (Lipinski definition) is 3. The number of piperidine rings is 1. The smallest absolute Gasteiger partial charge is 0.335 e. The van der Waals surface area contributed by atoms with Crippen molar-refractivity contribution in [2.24, 2.45) is 5.92 Å². The van der Waals surface area contributed by atoms with Crippen LogP contribution < -0.4 is 5.32 Å². The van der Waals surface area contributed by atoms with E-state index >= 15 is 0 Å². The van der Waals surface area contributed by atoms with Crippen LogP contribution in [-0.4, -0.2) is 41.0 Å². The Kier molecular flexibility index (Phi) is 5.51. The van der Waals surface area contributed by atoms with Gasteiger partial charge in [0.05, 0.1) is 11.5 Å². The van der Waals surface area contributed by atoms with E-state index in [1.165, 1.54) is 25.7 Å². The van der Waals surface area contributed by atoms with Gasteiger partial charge in [0.15, 0.2) is 0 Å². The molecule has 5 nitrogen and oxygen atoms in total. The van der Waals surface area contributed by atoms with Crippen molar-refractivity contribution >= 4 is 11.9 Å². The van der Waals surface area contributed by atoms with E-state index in [9.17, 15) is 9.59 Å². The molecule has 0 bridgehead atoms. The van der Waals surface area contributed by atoms with Gasteiger partial charge in [0.25, 0.3) is 0 Å². The highest BCUT2D eigenvalue weighted by atomic mass is 16.4. The number of benzene rings is 1. The summed E-state index contributed by atoms with van der Waals surface area (Å²) in [6, 6.07) is 7.42. The highest BCUT2D eigenvalue weighted by Gasteiger charge is 2.30. The minimum Gasteiger partial charge on any atom is -0.478 e. The maximum absolute atomic E-state index is 12.5. The third-order valence-corrected chi connectivity index (χ3v) is 5.31. The zero-order valence-electron chi connectivity index (χ0n) is 14.0. The molecule has 1 unspecified atom stereocenters. The first-order valence-electron chi connectivity index (χ1n) is 8.97. The molecule has 2 N–H and O–H groups in total. The zero-order chi connectivity index (χ0) is 16.9. The molecule has 0 aromatic heterocycles. The summed E-state index contributed by atoms with van der Waals surface area (Å²) in [5.74, 6) is -0.789. The SMILES string of the molecule is O=C(O)c1cccc(CNC(=O)C2CCCN(C3CCCC3)C2)c1. The van der Waals surface area contributed by atoms with Crippen molar-refractivity contribution in [1.29, 1.82) is 0 Å². The monoisotopic (exact) mass is 330 g/mol. The van der Waals surface area contributed by atoms with Crippen molar-refractivity contribution in [2.75, 3.05) is 13.1 Å². The van der Waals surface area contributed by atoms with Crippen LogP contribution in [0.4, 0.5) is 0 Å². The maximum Gasteiger partial charge on any atom is 0.335 e. The fourth-order valence-corrected chi connectivity index (χ4v) is 3.97. The van der Waals surface area contributed by atoms with Crippen LogP contribution in [0.1, 0.15) is 54.4 Å². The molecule has 1 atom stereocenters. The van der Waals surface area contributed by atoms with Gasteiger partial charge in [-0.15, -0.1) is 0 Å². The van der Waals surface area contributed by atoms with Crippen LogP contribution in [0.3, 0.4) is 0 Å². The Bertz CT molecular complexity index is 596. The molecular formula is C19H26N2O3. The number of hydrogen-bond donors (Lipinski definition) is 2. The lowest BCUT2D eigenvalue weighted by atomic mass is 9.95. The lowest BCUT2D eigenvalue weighted by Gasteiger charge is -2.36. The summed E-state index contributed by atoms with van der Waals surface area (Å²) in [7, 11) is 0. The number of amides is 1. The summed E-state index contributed by atoms with van der Waals surface area (Å²) in [5, 5.41) is 12.0. The number of carboxylic acid groups (broad SMARTS) is 1. The van der Waals surface area contributed by atoms with Gasteiger partial charge in [-0.1, -0.05) is 25.0 Å². The molecule has 3 rings (SSSR count). The Morgan fingerprint density at radius 2 is 1.96 bits per heavy atom. The highest BCUT2D eigenvalue weighted by molar-refractivity contribution is 5.87. The van der Waals surface area contributed by atoms with E-state index in [1.807, 2.05) is 6.07 Å². The third-order valence-electron chi connectivity index (χ3n) is 5.31. The van der Waals surface area contributed by atoms with Gasteiger partial charge in [0.2, 0.25) is 5.91 Å². The predicted molar refractivity (Wildman–Crippen MR) is 91.8 cm³/mol. The number of likely N-dealkylation sites (tertiary alicyclic amines) is 1. The maximum atomic E-state index is 12.5. The number of nitrogens with zero attached hydrogens (tertiary/aromatic N) is 1. The number of aromatic carboxylic acids is 1. The van der Waals surface area contributed by atoms with Gasteiger partial charge in [-0.3, -0.25) is 9.69 Å². The first-order valence-corrected chi connectivity index (χ1v) is 8.97. The summed E-state index contributed by atoms with van der Waals surface area (Å²) in [6.07, 6.45) is 7.22. The summed E-state index contributed by atoms with van der Waals surface area (Å²) in [4.78, 5) is 26.0. The number of rotatable bonds is 5. The normalized spacial score (nSPS) is 22.4. The molecule has 130 valence electrons. The van der Waals surface area contributed by atoms with Gasteiger partial charge in [-0.25, -0.2) is 4.79 Å². The van der Waals surface area contributed by atoms with E-state index in [-0.39, 0.29) is 17.4 Å². The van der Waals surface area contributed by atoms with E-state index < -0.39 is 5.97 Å². The molecule has 1 aliphatic carbocycles. The van der Waals surface area contributed by atoms with Crippen molar-refractivity contribution in [3.05, 3.63) is 35.4 Å². The molecule has 1 aliphatic heterocycles. The van der Waals surface area contributed by atoms with E-state index in [0.29, 0.717) is 12.6 Å². The van der Waals surface area contributed by atoms with E-state index in [1.54, 1.807) is 18.2 Å². The van der Waals surface area contributed by atoms with Crippen LogP contribution in [0.25, 0.3) is 0 Å². The first kappa shape index (κ1) is 17.0. The molecule has 1 saturated carbocycles. The number of carboxylic acids is 1. The molecule has 1 saturated heterocycles. The molecule has 0 spiro atoms. The fourth-order valence-electron chi connectivity index (χ4n) is 3.97. The molecule has 1 aromatic rings. The van der Waals surface area contributed by atoms with Crippen LogP contribution >= 0.6 is 0 Å². The lowest BCUT2D eigenvalue weighted by molar-refractivity contribution is -0.127. The predicted octanol–water partition coefficient (Wildman–Crippen LogP) is 2.66. The fraction of sp³-hybridized carbons (Fsp3) is 0.579. The van der Waals surface area contributed by atoms with Crippen LogP contribution in [0.5, 0.6) is 0 Å². The second kappa shape index (κ2) is 7.79. The quantitative estimate of drug-likeness (QED) is 0.871. The van der Waals surface area contributed by atoms with Crippen molar-refractivity contribution < 1.29 is 14.7 Å². The Hall–Kier alpha value is -1.88. The molecule has 24 heavy (non-hydrogen) atoms. The van der Waals surface area contributed by atoms with Crippen LogP contribution in [0.15, 0.2) is 24.3 Å². The summed E-state index contributed by atoms with van der Waals surface area (Å²) >= 11 is 0. The molecular weight excluding hydrogens is 304 g/mol. The lowest BCUT2D eigenvalue weighted by Crippen LogP contribution is -2.46. The van der Waals surface area contributed by atoms with Gasteiger partial charge < -0.3 is 10.4 Å². The van der Waals surface area contributed by atoms with Gasteiger partial charge >= 0.3 is 5.97 Å². The molecule has 0 radical (unpaired) electrons.